The van der Waals surface area contributed by atoms with Gasteiger partial charge < -0.3 is 14.8 Å². The van der Waals surface area contributed by atoms with Gasteiger partial charge >= 0.3 is 0 Å². The number of hydrogen-bond acceptors (Lipinski definition) is 3. The number of benzene rings is 1. The highest BCUT2D eigenvalue weighted by molar-refractivity contribution is 6.32. The molecule has 0 aliphatic rings. The maximum absolute atomic E-state index is 6.26. The summed E-state index contributed by atoms with van der Waals surface area (Å²) < 4.78 is 10.6. The van der Waals surface area contributed by atoms with Crippen molar-refractivity contribution < 1.29 is 9.47 Å². The highest BCUT2D eigenvalue weighted by Crippen LogP contribution is 2.38. The first kappa shape index (κ1) is 16.1. The second-order valence-electron chi connectivity index (χ2n) is 4.98. The summed E-state index contributed by atoms with van der Waals surface area (Å²) >= 11 is 6.26. The zero-order valence-electron chi connectivity index (χ0n) is 12.4. The molecule has 0 saturated heterocycles. The van der Waals surface area contributed by atoms with Gasteiger partial charge in [0.2, 0.25) is 0 Å². The van der Waals surface area contributed by atoms with E-state index in [0.717, 1.165) is 18.5 Å². The maximum atomic E-state index is 6.26. The number of nitrogens with one attached hydrogen (secondary N) is 1. The fourth-order valence-electron chi connectivity index (χ4n) is 2.19. The molecule has 0 aliphatic heterocycles. The Bertz CT molecular complexity index is 407. The van der Waals surface area contributed by atoms with Crippen molar-refractivity contribution in [2.24, 2.45) is 5.92 Å². The molecule has 0 radical (unpaired) electrons. The largest absolute Gasteiger partial charge is 0.493 e. The van der Waals surface area contributed by atoms with Crippen LogP contribution in [0.25, 0.3) is 0 Å². The normalized spacial score (nSPS) is 12.6. The first-order valence-electron chi connectivity index (χ1n) is 6.68. The van der Waals surface area contributed by atoms with Crippen molar-refractivity contribution in [1.82, 2.24) is 5.32 Å². The smallest absolute Gasteiger partial charge is 0.179 e. The minimum atomic E-state index is 0.280. The van der Waals surface area contributed by atoms with E-state index >= 15 is 0 Å². The quantitative estimate of drug-likeness (QED) is 0.820. The summed E-state index contributed by atoms with van der Waals surface area (Å²) in [6, 6.07) is 4.24. The Labute approximate surface area is 121 Å². The molecular weight excluding hydrogens is 262 g/mol. The zero-order chi connectivity index (χ0) is 14.4. The fraction of sp³-hybridized carbons (Fsp3) is 0.600. The monoisotopic (exact) mass is 285 g/mol. The average molecular weight is 286 g/mol. The summed E-state index contributed by atoms with van der Waals surface area (Å²) in [5.74, 6) is 1.88. The summed E-state index contributed by atoms with van der Waals surface area (Å²) in [6.45, 7) is 7.46. The Morgan fingerprint density at radius 2 is 1.89 bits per heavy atom. The van der Waals surface area contributed by atoms with Gasteiger partial charge in [-0.05, 0) is 36.6 Å². The van der Waals surface area contributed by atoms with Crippen LogP contribution >= 0.6 is 11.6 Å². The van der Waals surface area contributed by atoms with E-state index in [1.165, 1.54) is 0 Å². The van der Waals surface area contributed by atoms with Gasteiger partial charge in [0.15, 0.2) is 11.5 Å². The summed E-state index contributed by atoms with van der Waals surface area (Å²) in [4.78, 5) is 0. The molecule has 1 atom stereocenters. The van der Waals surface area contributed by atoms with E-state index in [-0.39, 0.29) is 6.04 Å². The zero-order valence-corrected chi connectivity index (χ0v) is 13.2. The first-order valence-corrected chi connectivity index (χ1v) is 7.06. The predicted octanol–water partition coefficient (Wildman–Crippen LogP) is 4.05. The maximum Gasteiger partial charge on any atom is 0.179 e. The van der Waals surface area contributed by atoms with Gasteiger partial charge in [0.25, 0.3) is 0 Å². The van der Waals surface area contributed by atoms with E-state index in [1.54, 1.807) is 14.2 Å². The molecule has 0 spiro atoms. The van der Waals surface area contributed by atoms with Crippen molar-refractivity contribution >= 4 is 11.6 Å². The number of halogens is 1. The van der Waals surface area contributed by atoms with Crippen LogP contribution < -0.4 is 14.8 Å². The van der Waals surface area contributed by atoms with Gasteiger partial charge in [-0.15, -0.1) is 0 Å². The Morgan fingerprint density at radius 3 is 2.37 bits per heavy atom. The van der Waals surface area contributed by atoms with E-state index < -0.39 is 0 Å². The molecular formula is C15H24ClNO2. The minimum absolute atomic E-state index is 0.280. The van der Waals surface area contributed by atoms with Crippen LogP contribution in [0.2, 0.25) is 5.02 Å². The molecule has 1 unspecified atom stereocenters. The van der Waals surface area contributed by atoms with Gasteiger partial charge in [0.1, 0.15) is 0 Å². The van der Waals surface area contributed by atoms with E-state index in [2.05, 4.69) is 26.1 Å². The second kappa shape index (κ2) is 7.61. The lowest BCUT2D eigenvalue weighted by atomic mass is 9.96. The van der Waals surface area contributed by atoms with Gasteiger partial charge in [-0.2, -0.15) is 0 Å². The lowest BCUT2D eigenvalue weighted by Crippen LogP contribution is -2.22. The highest BCUT2D eigenvalue weighted by Gasteiger charge is 2.17. The molecule has 0 fully saturated rings. The Hall–Kier alpha value is -0.930. The molecule has 1 N–H and O–H groups in total. The van der Waals surface area contributed by atoms with Gasteiger partial charge in [-0.1, -0.05) is 32.4 Å². The standard InChI is InChI=1S/C15H24ClNO2/c1-6-17-13(7-10(2)3)11-8-12(16)15(19-5)14(9-11)18-4/h8-10,13,17H,6-7H2,1-5H3. The van der Waals surface area contributed by atoms with Crippen molar-refractivity contribution in [2.75, 3.05) is 20.8 Å². The van der Waals surface area contributed by atoms with Crippen LogP contribution in [0.1, 0.15) is 38.8 Å². The molecule has 1 aromatic rings. The highest BCUT2D eigenvalue weighted by atomic mass is 35.5. The molecule has 0 saturated carbocycles. The summed E-state index contributed by atoms with van der Waals surface area (Å²) in [6.07, 6.45) is 1.06. The Morgan fingerprint density at radius 1 is 1.21 bits per heavy atom. The van der Waals surface area contributed by atoms with Crippen LogP contribution in [0.4, 0.5) is 0 Å². The van der Waals surface area contributed by atoms with E-state index in [4.69, 9.17) is 21.1 Å². The van der Waals surface area contributed by atoms with Crippen LogP contribution in [0.15, 0.2) is 12.1 Å². The predicted molar refractivity (Wildman–Crippen MR) is 80.4 cm³/mol. The second-order valence-corrected chi connectivity index (χ2v) is 5.39. The van der Waals surface area contributed by atoms with Crippen LogP contribution in [-0.2, 0) is 0 Å². The third kappa shape index (κ3) is 4.29. The van der Waals surface area contributed by atoms with Crippen molar-refractivity contribution in [3.63, 3.8) is 0 Å². The average Bonchev–Trinajstić information content (AvgIpc) is 2.36. The summed E-state index contributed by atoms with van der Waals surface area (Å²) in [5, 5.41) is 4.08. The summed E-state index contributed by atoms with van der Waals surface area (Å²) in [5.41, 5.74) is 1.14. The molecule has 0 aliphatic carbocycles. The number of ether oxygens (including phenoxy) is 2. The fourth-order valence-corrected chi connectivity index (χ4v) is 2.49. The van der Waals surface area contributed by atoms with Gasteiger partial charge in [-0.3, -0.25) is 0 Å². The molecule has 108 valence electrons. The van der Waals surface area contributed by atoms with Crippen LogP contribution in [-0.4, -0.2) is 20.8 Å². The van der Waals surface area contributed by atoms with Gasteiger partial charge in [-0.25, -0.2) is 0 Å². The van der Waals surface area contributed by atoms with E-state index in [1.807, 2.05) is 12.1 Å². The molecule has 0 bridgehead atoms. The third-order valence-electron chi connectivity index (χ3n) is 3.02. The van der Waals surface area contributed by atoms with Crippen LogP contribution in [0.5, 0.6) is 11.5 Å². The Kier molecular flexibility index (Phi) is 6.46. The molecule has 4 heteroatoms. The SMILES string of the molecule is CCNC(CC(C)C)c1cc(Cl)c(OC)c(OC)c1. The minimum Gasteiger partial charge on any atom is -0.493 e. The first-order chi connectivity index (χ1) is 9.03. The van der Waals surface area contributed by atoms with Crippen LogP contribution in [0, 0.1) is 5.92 Å². The number of hydrogen-bond donors (Lipinski definition) is 1. The lowest BCUT2D eigenvalue weighted by Gasteiger charge is -2.22. The number of methoxy groups -OCH3 is 2. The molecule has 3 nitrogen and oxygen atoms in total. The van der Waals surface area contributed by atoms with Crippen molar-refractivity contribution in [1.29, 1.82) is 0 Å². The lowest BCUT2D eigenvalue weighted by molar-refractivity contribution is 0.353. The van der Waals surface area contributed by atoms with Gasteiger partial charge in [0, 0.05) is 6.04 Å². The molecule has 0 heterocycles. The molecule has 1 aromatic carbocycles. The molecule has 19 heavy (non-hydrogen) atoms. The third-order valence-corrected chi connectivity index (χ3v) is 3.30. The number of rotatable bonds is 7. The molecule has 0 amide bonds. The molecule has 1 rings (SSSR count). The van der Waals surface area contributed by atoms with Crippen molar-refractivity contribution in [2.45, 2.75) is 33.2 Å². The molecule has 0 aromatic heterocycles. The van der Waals surface area contributed by atoms with Crippen molar-refractivity contribution in [3.05, 3.63) is 22.7 Å². The van der Waals surface area contributed by atoms with Crippen molar-refractivity contribution in [3.8, 4) is 11.5 Å². The van der Waals surface area contributed by atoms with Crippen LogP contribution in [0.3, 0.4) is 0 Å². The Balaban J connectivity index is 3.12. The summed E-state index contributed by atoms with van der Waals surface area (Å²) in [7, 11) is 3.22. The van der Waals surface area contributed by atoms with Gasteiger partial charge in [0.05, 0.1) is 19.2 Å². The van der Waals surface area contributed by atoms with E-state index in [9.17, 15) is 0 Å². The topological polar surface area (TPSA) is 30.5 Å². The van der Waals surface area contributed by atoms with E-state index in [0.29, 0.717) is 22.4 Å².